The Morgan fingerprint density at radius 2 is 0.736 bits per heavy atom. The quantitative estimate of drug-likeness (QED) is 0.0778. The molecule has 0 atom stereocenters. The van der Waals surface area contributed by atoms with Crippen LogP contribution in [0.15, 0.2) is 218 Å². The molecule has 0 N–H and O–H groups in total. The molecule has 0 bridgehead atoms. The second-order valence-electron chi connectivity index (χ2n) is 20.9. The van der Waals surface area contributed by atoms with Crippen molar-refractivity contribution in [1.29, 1.82) is 5.26 Å². The van der Waals surface area contributed by atoms with E-state index in [1.54, 1.807) is 0 Å². The maximum absolute atomic E-state index is 9.85. The summed E-state index contributed by atoms with van der Waals surface area (Å²) in [6.45, 7) is 7.75. The number of hydrogen-bond acceptors (Lipinski definition) is 3. The number of nitriles is 1. The predicted molar refractivity (Wildman–Crippen MR) is 314 cm³/mol. The van der Waals surface area contributed by atoms with Crippen molar-refractivity contribution in [2.45, 2.75) is 34.5 Å². The Labute approximate surface area is 428 Å². The van der Waals surface area contributed by atoms with Gasteiger partial charge in [0.05, 0.1) is 0 Å². The molecule has 0 aliphatic heterocycles. The average Bonchev–Trinajstić information content (AvgIpc) is 3.40. The molecule has 0 unspecified atom stereocenters. The van der Waals surface area contributed by atoms with Crippen molar-refractivity contribution in [2.75, 3.05) is 9.80 Å². The van der Waals surface area contributed by atoms with E-state index in [1.165, 1.54) is 30.3 Å². The van der Waals surface area contributed by atoms with E-state index in [-0.39, 0.29) is 0 Å². The second-order valence-corrected chi connectivity index (χ2v) is 42.2. The number of nitrogens with zero attached hydrogens (tertiary/aromatic N) is 4. The van der Waals surface area contributed by atoms with Gasteiger partial charge in [-0.25, -0.2) is 0 Å². The van der Waals surface area contributed by atoms with Crippen LogP contribution >= 0.6 is 0 Å². The van der Waals surface area contributed by atoms with Gasteiger partial charge in [0.15, 0.2) is 0 Å². The number of benzene rings is 11. The van der Waals surface area contributed by atoms with Crippen LogP contribution in [0.1, 0.15) is 5.56 Å². The molecular formula is C66H54Ge2N4. The number of fused-ring (bicyclic) bond motifs is 4. The van der Waals surface area contributed by atoms with Crippen LogP contribution in [0.4, 0.5) is 39.8 Å². The summed E-state index contributed by atoms with van der Waals surface area (Å²) in [5, 5.41) is 19.2. The van der Waals surface area contributed by atoms with Crippen molar-refractivity contribution in [3.63, 3.8) is 0 Å². The van der Waals surface area contributed by atoms with Crippen molar-refractivity contribution in [3.8, 4) is 28.3 Å². The van der Waals surface area contributed by atoms with E-state index >= 15 is 0 Å². The monoisotopic (exact) mass is 1050 g/mol. The van der Waals surface area contributed by atoms with Crippen molar-refractivity contribution in [2.24, 2.45) is 0 Å². The molecule has 11 aromatic rings. The van der Waals surface area contributed by atoms with Gasteiger partial charge in [-0.1, -0.05) is 48.5 Å². The van der Waals surface area contributed by atoms with Gasteiger partial charge in [0.1, 0.15) is 0 Å². The third kappa shape index (κ3) is 8.83. The average molecular weight is 1050 g/mol. The summed E-state index contributed by atoms with van der Waals surface area (Å²) in [6.07, 6.45) is 0. The van der Waals surface area contributed by atoms with Gasteiger partial charge in [-0.15, -0.1) is 0 Å². The first-order valence-corrected chi connectivity index (χ1v) is 39.3. The number of hydrogen-bond donors (Lipinski definition) is 0. The van der Waals surface area contributed by atoms with E-state index in [9.17, 15) is 5.26 Å². The van der Waals surface area contributed by atoms with Gasteiger partial charge < -0.3 is 0 Å². The van der Waals surface area contributed by atoms with Crippen LogP contribution in [-0.2, 0) is 0 Å². The molecule has 6 heteroatoms. The van der Waals surface area contributed by atoms with Crippen LogP contribution in [0.3, 0.4) is 0 Å². The van der Waals surface area contributed by atoms with Crippen LogP contribution in [0.25, 0.3) is 70.2 Å². The molecule has 0 saturated heterocycles. The van der Waals surface area contributed by atoms with Gasteiger partial charge >= 0.3 is 372 Å². The van der Waals surface area contributed by atoms with Gasteiger partial charge in [0, 0.05) is 0 Å². The third-order valence-electron chi connectivity index (χ3n) is 14.2. The molecular weight excluding hydrogens is 994 g/mol. The Hall–Kier alpha value is -7.87. The number of rotatable bonds is 10. The molecule has 0 radical (unpaired) electrons. The maximum atomic E-state index is 9.85. The topological polar surface area (TPSA) is 34.6 Å². The van der Waals surface area contributed by atoms with Crippen LogP contribution in [0, 0.1) is 17.9 Å². The second kappa shape index (κ2) is 18.7. The summed E-state index contributed by atoms with van der Waals surface area (Å²) in [7, 11) is 0. The summed E-state index contributed by atoms with van der Waals surface area (Å²) in [4.78, 5) is 8.41. The number of anilines is 6. The molecule has 0 aromatic heterocycles. The summed E-state index contributed by atoms with van der Waals surface area (Å²) >= 11 is -4.25. The fourth-order valence-corrected chi connectivity index (χ4v) is 15.2. The van der Waals surface area contributed by atoms with Crippen LogP contribution in [0.5, 0.6) is 0 Å². The predicted octanol–water partition coefficient (Wildman–Crippen LogP) is 18.1. The van der Waals surface area contributed by atoms with Gasteiger partial charge in [0.25, 0.3) is 0 Å². The fourth-order valence-electron chi connectivity index (χ4n) is 10.3. The van der Waals surface area contributed by atoms with Gasteiger partial charge in [0.2, 0.25) is 0 Å². The SMILES string of the molecule is [C-]#[N+]c1ccc(N(c2cc[c]([Ge]([CH3])([CH3])[CH3])cc2)c2ccc3c(-c4ccc5ccccc5c4)c4cc(N(c5ccc(C#N)cc5)c5cc[c]([Ge]([CH3])([CH3])[CH3])cc5)ccc4c(-c4ccc5ccccc5c4)c3c2)cc1. The molecule has 11 rings (SSSR count). The Morgan fingerprint density at radius 3 is 1.11 bits per heavy atom. The standard InChI is InChI=1S/C66H54Ge2N4/c1-67(2,3)52-22-30-56(31-23-52)71(55-28-16-45(44-69)17-29-55)59-36-38-61-63(42-59)65(50-20-18-46-12-8-10-14-48(46)40-50)62-39-37-60(43-64(62)66(61)51-21-19-47-13-9-11-15-49(47)41-51)72(58-34-26-54(70-7)27-35-58)57-32-24-53(25-33-57)68(4,5)6/h8-43H,1-6H3. The zero-order valence-corrected chi connectivity index (χ0v) is 45.8. The molecule has 0 fully saturated rings. The normalized spacial score (nSPS) is 11.7. The zero-order valence-electron chi connectivity index (χ0n) is 41.6. The van der Waals surface area contributed by atoms with E-state index < -0.39 is 26.5 Å². The molecule has 346 valence electrons. The third-order valence-corrected chi connectivity index (χ3v) is 22.8. The first kappa shape index (κ1) is 46.5. The van der Waals surface area contributed by atoms with Crippen molar-refractivity contribution >= 4 is 118 Å². The van der Waals surface area contributed by atoms with E-state index in [2.05, 4.69) is 249 Å². The summed E-state index contributed by atoms with van der Waals surface area (Å²) in [5.41, 5.74) is 12.0. The Balaban J connectivity index is 1.23. The summed E-state index contributed by atoms with van der Waals surface area (Å²) in [5.74, 6) is 14.6. The first-order chi connectivity index (χ1) is 34.8. The minimum atomic E-state index is -2.12. The molecule has 0 saturated carbocycles. The Bertz CT molecular complexity index is 3680. The molecule has 72 heavy (non-hydrogen) atoms. The summed E-state index contributed by atoms with van der Waals surface area (Å²) < 4.78 is 2.90. The molecule has 11 aromatic carbocycles. The molecule has 0 aliphatic rings. The van der Waals surface area contributed by atoms with E-state index in [0.717, 1.165) is 77.9 Å². The Morgan fingerprint density at radius 1 is 0.375 bits per heavy atom. The minimum absolute atomic E-state index is 0.611. The molecule has 0 heterocycles. The van der Waals surface area contributed by atoms with Gasteiger partial charge in [-0.2, -0.15) is 0 Å². The fraction of sp³-hybridized carbons (Fsp3) is 0.0909. The molecule has 0 spiro atoms. The molecule has 4 nitrogen and oxygen atoms in total. The van der Waals surface area contributed by atoms with Crippen LogP contribution < -0.4 is 18.6 Å². The van der Waals surface area contributed by atoms with E-state index in [0.29, 0.717) is 11.3 Å². The first-order valence-electron chi connectivity index (χ1n) is 24.7. The zero-order chi connectivity index (χ0) is 49.7. The summed E-state index contributed by atoms with van der Waals surface area (Å²) in [6, 6.07) is 81.6. The Kier molecular flexibility index (Phi) is 12.1. The van der Waals surface area contributed by atoms with Crippen molar-refractivity contribution in [3.05, 3.63) is 235 Å². The van der Waals surface area contributed by atoms with Gasteiger partial charge in [-0.3, -0.25) is 0 Å². The van der Waals surface area contributed by atoms with Gasteiger partial charge in [-0.05, 0) is 10.8 Å². The van der Waals surface area contributed by atoms with Crippen molar-refractivity contribution < 1.29 is 0 Å². The van der Waals surface area contributed by atoms with E-state index in [4.69, 9.17) is 6.57 Å². The van der Waals surface area contributed by atoms with Crippen LogP contribution in [-0.4, -0.2) is 26.5 Å². The molecule has 0 amide bonds. The molecule has 0 aliphatic carbocycles. The van der Waals surface area contributed by atoms with Crippen molar-refractivity contribution in [1.82, 2.24) is 0 Å². The van der Waals surface area contributed by atoms with E-state index in [1.807, 2.05) is 24.3 Å². The van der Waals surface area contributed by atoms with Crippen LogP contribution in [0.2, 0.25) is 34.5 Å².